The van der Waals surface area contributed by atoms with Gasteiger partial charge in [-0.25, -0.2) is 0 Å². The second-order valence-electron chi connectivity index (χ2n) is 3.87. The Hall–Kier alpha value is 0.0300. The minimum atomic E-state index is 0.603. The molecule has 0 nitrogen and oxygen atoms in total. The second-order valence-corrected chi connectivity index (χ2v) is 5.91. The maximum Gasteiger partial charge on any atom is 0.0492 e. The summed E-state index contributed by atoms with van der Waals surface area (Å²) in [6.45, 7) is 4.23. The average Bonchev–Trinajstić information content (AvgIpc) is 2.14. The van der Waals surface area contributed by atoms with Crippen molar-refractivity contribution < 1.29 is 0 Å². The Kier molecular flexibility index (Phi) is 5.18. The van der Waals surface area contributed by atoms with Crippen LogP contribution in [0, 0.1) is 6.92 Å². The van der Waals surface area contributed by atoms with Gasteiger partial charge in [-0.15, -0.1) is 9.24 Å². The van der Waals surface area contributed by atoms with Crippen molar-refractivity contribution in [2.24, 2.45) is 0 Å². The molecule has 0 saturated carbocycles. The highest BCUT2D eigenvalue weighted by Gasteiger charge is 2.09. The Balaban J connectivity index is 2.82. The molecule has 1 rings (SSSR count). The molecule has 0 aliphatic heterocycles. The summed E-state index contributed by atoms with van der Waals surface area (Å²) in [6, 6.07) is 5.92. The molecule has 1 aromatic carbocycles. The van der Waals surface area contributed by atoms with Crippen molar-refractivity contribution in [2.75, 3.05) is 0 Å². The van der Waals surface area contributed by atoms with E-state index in [1.165, 1.54) is 5.56 Å². The average molecular weight is 259 g/mol. The predicted octanol–water partition coefficient (Wildman–Crippen LogP) is 4.41. The maximum absolute atomic E-state index is 6.15. The topological polar surface area (TPSA) is 0 Å². The third-order valence-corrected chi connectivity index (χ3v) is 3.38. The van der Waals surface area contributed by atoms with Gasteiger partial charge in [-0.1, -0.05) is 42.9 Å². The molecule has 0 fully saturated rings. The smallest absolute Gasteiger partial charge is 0.0492 e. The van der Waals surface area contributed by atoms with Crippen LogP contribution in [0.4, 0.5) is 0 Å². The van der Waals surface area contributed by atoms with Gasteiger partial charge in [0, 0.05) is 15.5 Å². The molecule has 0 aliphatic rings. The summed E-state index contributed by atoms with van der Waals surface area (Å²) in [6.07, 6.45) is 2.03. The number of hydrogen-bond donors (Lipinski definition) is 0. The van der Waals surface area contributed by atoms with Gasteiger partial charge in [0.25, 0.3) is 0 Å². The highest BCUT2D eigenvalue weighted by Crippen LogP contribution is 2.23. The number of rotatable bonds is 4. The standard InChI is InChI=1S/C12H16ClPS/c1-8-4-3-5-10(13)12(8)11(15)7-6-9(2)14/h3-5,9H,6-7,14H2,1-2H3. The fourth-order valence-electron chi connectivity index (χ4n) is 1.47. The third-order valence-electron chi connectivity index (χ3n) is 2.33. The van der Waals surface area contributed by atoms with Crippen LogP contribution in [0.25, 0.3) is 0 Å². The van der Waals surface area contributed by atoms with E-state index in [-0.39, 0.29) is 0 Å². The Bertz CT molecular complexity index is 340. The fourth-order valence-corrected chi connectivity index (χ4v) is 2.42. The van der Waals surface area contributed by atoms with Crippen LogP contribution in [-0.2, 0) is 0 Å². The summed E-state index contributed by atoms with van der Waals surface area (Å²) in [5, 5.41) is 0.774. The largest absolute Gasteiger partial charge is 0.135 e. The minimum absolute atomic E-state index is 0.603. The number of thiocarbonyl (C=S) groups is 1. The first-order valence-corrected chi connectivity index (χ1v) is 6.51. The Morgan fingerprint density at radius 3 is 2.73 bits per heavy atom. The zero-order chi connectivity index (χ0) is 11.4. The molecule has 15 heavy (non-hydrogen) atoms. The first-order valence-electron chi connectivity index (χ1n) is 5.06. The van der Waals surface area contributed by atoms with Crippen LogP contribution in [0.5, 0.6) is 0 Å². The van der Waals surface area contributed by atoms with E-state index in [0.29, 0.717) is 5.66 Å². The lowest BCUT2D eigenvalue weighted by molar-refractivity contribution is 0.860. The number of aryl methyl sites for hydroxylation is 1. The van der Waals surface area contributed by atoms with Gasteiger partial charge in [-0.05, 0) is 37.1 Å². The highest BCUT2D eigenvalue weighted by molar-refractivity contribution is 7.80. The van der Waals surface area contributed by atoms with Crippen LogP contribution in [0.2, 0.25) is 5.02 Å². The van der Waals surface area contributed by atoms with Crippen molar-refractivity contribution in [3.63, 3.8) is 0 Å². The van der Waals surface area contributed by atoms with E-state index in [1.54, 1.807) is 0 Å². The van der Waals surface area contributed by atoms with Gasteiger partial charge in [-0.2, -0.15) is 0 Å². The molecule has 0 spiro atoms. The molecule has 0 bridgehead atoms. The summed E-state index contributed by atoms with van der Waals surface area (Å²) >= 11 is 11.6. The first-order chi connectivity index (χ1) is 7.02. The molecule has 0 amide bonds. The molecule has 2 unspecified atom stereocenters. The van der Waals surface area contributed by atoms with Crippen LogP contribution < -0.4 is 0 Å². The van der Waals surface area contributed by atoms with Crippen LogP contribution in [-0.4, -0.2) is 10.5 Å². The summed E-state index contributed by atoms with van der Waals surface area (Å²) in [5.41, 5.74) is 2.83. The number of benzene rings is 1. The van der Waals surface area contributed by atoms with Crippen molar-refractivity contribution in [3.05, 3.63) is 34.3 Å². The second kappa shape index (κ2) is 5.94. The molecule has 3 heteroatoms. The minimum Gasteiger partial charge on any atom is -0.135 e. The lowest BCUT2D eigenvalue weighted by Gasteiger charge is -2.10. The van der Waals surface area contributed by atoms with Crippen molar-refractivity contribution in [3.8, 4) is 0 Å². The van der Waals surface area contributed by atoms with E-state index in [1.807, 2.05) is 12.1 Å². The van der Waals surface area contributed by atoms with Crippen LogP contribution in [0.3, 0.4) is 0 Å². The van der Waals surface area contributed by atoms with E-state index < -0.39 is 0 Å². The summed E-state index contributed by atoms with van der Waals surface area (Å²) in [4.78, 5) is 0.979. The predicted molar refractivity (Wildman–Crippen MR) is 76.3 cm³/mol. The summed E-state index contributed by atoms with van der Waals surface area (Å²) in [5.74, 6) is 0. The van der Waals surface area contributed by atoms with E-state index in [9.17, 15) is 0 Å². The number of halogens is 1. The molecule has 0 saturated heterocycles. The van der Waals surface area contributed by atoms with Gasteiger partial charge in [0.2, 0.25) is 0 Å². The molecular weight excluding hydrogens is 243 g/mol. The SMILES string of the molecule is Cc1cccc(Cl)c1C(=S)CCC(C)P. The van der Waals surface area contributed by atoms with E-state index in [2.05, 4.69) is 29.2 Å². The normalized spacial score (nSPS) is 12.5. The van der Waals surface area contributed by atoms with Crippen molar-refractivity contribution in [1.82, 2.24) is 0 Å². The zero-order valence-electron chi connectivity index (χ0n) is 9.09. The first kappa shape index (κ1) is 13.1. The lowest BCUT2D eigenvalue weighted by atomic mass is 10.0. The Morgan fingerprint density at radius 2 is 2.20 bits per heavy atom. The Labute approximate surface area is 105 Å². The molecule has 1 aromatic rings. The fraction of sp³-hybridized carbons (Fsp3) is 0.417. The van der Waals surface area contributed by atoms with Gasteiger partial charge < -0.3 is 0 Å². The van der Waals surface area contributed by atoms with E-state index >= 15 is 0 Å². The van der Waals surface area contributed by atoms with Crippen molar-refractivity contribution >= 4 is 37.9 Å². The van der Waals surface area contributed by atoms with Gasteiger partial charge in [0.1, 0.15) is 0 Å². The molecular formula is C12H16ClPS. The lowest BCUT2D eigenvalue weighted by Crippen LogP contribution is -2.03. The van der Waals surface area contributed by atoms with Crippen molar-refractivity contribution in [1.29, 1.82) is 0 Å². The van der Waals surface area contributed by atoms with Gasteiger partial charge >= 0.3 is 0 Å². The van der Waals surface area contributed by atoms with Crippen LogP contribution >= 0.6 is 33.1 Å². The molecule has 0 radical (unpaired) electrons. The quantitative estimate of drug-likeness (QED) is 0.438. The van der Waals surface area contributed by atoms with Crippen LogP contribution in [0.1, 0.15) is 30.9 Å². The summed E-state index contributed by atoms with van der Waals surface area (Å²) < 4.78 is 0. The molecule has 82 valence electrons. The monoisotopic (exact) mass is 258 g/mol. The van der Waals surface area contributed by atoms with Gasteiger partial charge in [0.05, 0.1) is 0 Å². The highest BCUT2D eigenvalue weighted by atomic mass is 35.5. The molecule has 0 aliphatic carbocycles. The Morgan fingerprint density at radius 1 is 1.53 bits per heavy atom. The van der Waals surface area contributed by atoms with E-state index in [0.717, 1.165) is 28.3 Å². The number of hydrogen-bond acceptors (Lipinski definition) is 1. The molecule has 0 aromatic heterocycles. The molecule has 0 N–H and O–H groups in total. The van der Waals surface area contributed by atoms with E-state index in [4.69, 9.17) is 23.8 Å². The van der Waals surface area contributed by atoms with Gasteiger partial charge in [-0.3, -0.25) is 0 Å². The van der Waals surface area contributed by atoms with Gasteiger partial charge in [0.15, 0.2) is 0 Å². The van der Waals surface area contributed by atoms with Crippen molar-refractivity contribution in [2.45, 2.75) is 32.3 Å². The summed E-state index contributed by atoms with van der Waals surface area (Å²) in [7, 11) is 2.79. The third kappa shape index (κ3) is 3.83. The zero-order valence-corrected chi connectivity index (χ0v) is 11.8. The molecule has 0 heterocycles. The maximum atomic E-state index is 6.15. The molecule has 2 atom stereocenters. The van der Waals surface area contributed by atoms with Crippen LogP contribution in [0.15, 0.2) is 18.2 Å².